The molecule has 17 heavy (non-hydrogen) atoms. The lowest BCUT2D eigenvalue weighted by atomic mass is 10.4. The maximum Gasteiger partial charge on any atom is 0.411 e. The fraction of sp³-hybridized carbons (Fsp3) is 0.556. The van der Waals surface area contributed by atoms with Gasteiger partial charge in [0.25, 0.3) is 0 Å². The molecule has 8 heteroatoms. The largest absolute Gasteiger partial charge is 0.411 e. The number of methoxy groups -OCH3 is 1. The quantitative estimate of drug-likeness (QED) is 0.771. The number of alkyl halides is 3. The Kier molecular flexibility index (Phi) is 5.10. The molecule has 0 saturated heterocycles. The molecule has 0 saturated carbocycles. The van der Waals surface area contributed by atoms with Crippen molar-refractivity contribution in [1.82, 2.24) is 9.97 Å². The predicted molar refractivity (Wildman–Crippen MR) is 53.5 cm³/mol. The highest BCUT2D eigenvalue weighted by molar-refractivity contribution is 6.29. The van der Waals surface area contributed by atoms with Crippen LogP contribution in [0.1, 0.15) is 11.5 Å². The molecule has 0 aliphatic heterocycles. The van der Waals surface area contributed by atoms with Crippen LogP contribution >= 0.6 is 11.6 Å². The number of rotatable bonds is 5. The first-order valence-electron chi connectivity index (χ1n) is 4.56. The standard InChI is InChI=1S/C9H10ClF3N2O2/c1-16-3-6-2-7(10)15-8(14-6)4-17-5-9(11,12)13/h2H,3-5H2,1H3. The number of hydrogen-bond acceptors (Lipinski definition) is 4. The van der Waals surface area contributed by atoms with Crippen LogP contribution in [0.2, 0.25) is 5.15 Å². The van der Waals surface area contributed by atoms with E-state index in [1.165, 1.54) is 13.2 Å². The second kappa shape index (κ2) is 6.13. The predicted octanol–water partition coefficient (Wildman–Crippen LogP) is 2.36. The van der Waals surface area contributed by atoms with Crippen LogP contribution < -0.4 is 0 Å². The van der Waals surface area contributed by atoms with Gasteiger partial charge in [-0.25, -0.2) is 9.97 Å². The maximum atomic E-state index is 11.8. The van der Waals surface area contributed by atoms with E-state index in [0.29, 0.717) is 5.69 Å². The minimum Gasteiger partial charge on any atom is -0.378 e. The van der Waals surface area contributed by atoms with E-state index in [4.69, 9.17) is 16.3 Å². The molecule has 0 aliphatic rings. The summed E-state index contributed by atoms with van der Waals surface area (Å²) in [5.41, 5.74) is 0.484. The lowest BCUT2D eigenvalue weighted by Gasteiger charge is -2.08. The average Bonchev–Trinajstić information content (AvgIpc) is 2.15. The second-order valence-corrected chi connectivity index (χ2v) is 3.53. The van der Waals surface area contributed by atoms with Gasteiger partial charge in [-0.05, 0) is 6.07 Å². The third-order valence-corrected chi connectivity index (χ3v) is 1.78. The van der Waals surface area contributed by atoms with E-state index >= 15 is 0 Å². The second-order valence-electron chi connectivity index (χ2n) is 3.14. The van der Waals surface area contributed by atoms with Gasteiger partial charge in [-0.3, -0.25) is 0 Å². The summed E-state index contributed by atoms with van der Waals surface area (Å²) in [5.74, 6) is 0.0915. The summed E-state index contributed by atoms with van der Waals surface area (Å²) in [6.45, 7) is -1.49. The minimum absolute atomic E-state index is 0.0915. The molecule has 0 aromatic carbocycles. The number of hydrogen-bond donors (Lipinski definition) is 0. The van der Waals surface area contributed by atoms with Crippen molar-refractivity contribution in [2.24, 2.45) is 0 Å². The first-order chi connectivity index (χ1) is 7.90. The Morgan fingerprint density at radius 1 is 1.29 bits per heavy atom. The van der Waals surface area contributed by atoms with Gasteiger partial charge in [0.2, 0.25) is 0 Å². The molecule has 1 heterocycles. The average molecular weight is 271 g/mol. The Bertz CT molecular complexity index is 374. The van der Waals surface area contributed by atoms with Crippen molar-refractivity contribution in [2.45, 2.75) is 19.4 Å². The van der Waals surface area contributed by atoms with Gasteiger partial charge < -0.3 is 9.47 Å². The Morgan fingerprint density at radius 2 is 2.00 bits per heavy atom. The van der Waals surface area contributed by atoms with Gasteiger partial charge in [-0.15, -0.1) is 0 Å². The molecule has 96 valence electrons. The molecule has 0 aliphatic carbocycles. The van der Waals surface area contributed by atoms with Crippen LogP contribution in [0.3, 0.4) is 0 Å². The number of aromatic nitrogens is 2. The van der Waals surface area contributed by atoms with E-state index in [0.717, 1.165) is 0 Å². The van der Waals surface area contributed by atoms with E-state index < -0.39 is 12.8 Å². The van der Waals surface area contributed by atoms with E-state index in [-0.39, 0.29) is 24.2 Å². The fourth-order valence-corrected chi connectivity index (χ4v) is 1.28. The minimum atomic E-state index is -4.37. The molecule has 0 fully saturated rings. The van der Waals surface area contributed by atoms with Gasteiger partial charge in [0.05, 0.1) is 12.3 Å². The van der Waals surface area contributed by atoms with Crippen LogP contribution in [0.15, 0.2) is 6.07 Å². The van der Waals surface area contributed by atoms with Crippen LogP contribution in [-0.2, 0) is 22.7 Å². The molecule has 4 nitrogen and oxygen atoms in total. The van der Waals surface area contributed by atoms with Crippen molar-refractivity contribution in [3.05, 3.63) is 22.7 Å². The third kappa shape index (κ3) is 5.81. The highest BCUT2D eigenvalue weighted by Crippen LogP contribution is 2.15. The summed E-state index contributed by atoms with van der Waals surface area (Å²) in [6.07, 6.45) is -4.37. The normalized spacial score (nSPS) is 11.8. The van der Waals surface area contributed by atoms with Gasteiger partial charge in [-0.1, -0.05) is 11.6 Å². The van der Waals surface area contributed by atoms with Gasteiger partial charge in [0.1, 0.15) is 18.4 Å². The highest BCUT2D eigenvalue weighted by Gasteiger charge is 2.27. The van der Waals surface area contributed by atoms with E-state index in [1.54, 1.807) is 0 Å². The Labute approximate surface area is 101 Å². The Hall–Kier alpha value is -0.920. The third-order valence-electron chi connectivity index (χ3n) is 1.58. The zero-order valence-electron chi connectivity index (χ0n) is 8.92. The summed E-state index contributed by atoms with van der Waals surface area (Å²) < 4.78 is 44.7. The molecular weight excluding hydrogens is 261 g/mol. The summed E-state index contributed by atoms with van der Waals surface area (Å²) in [5, 5.41) is 0.137. The number of halogens is 4. The van der Waals surface area contributed by atoms with Crippen molar-refractivity contribution < 1.29 is 22.6 Å². The molecule has 0 unspecified atom stereocenters. The summed E-state index contributed by atoms with van der Waals surface area (Å²) in [4.78, 5) is 7.67. The molecule has 1 aromatic rings. The topological polar surface area (TPSA) is 44.2 Å². The van der Waals surface area contributed by atoms with Crippen LogP contribution in [0, 0.1) is 0 Å². The molecule has 0 amide bonds. The van der Waals surface area contributed by atoms with Crippen LogP contribution in [0.4, 0.5) is 13.2 Å². The smallest absolute Gasteiger partial charge is 0.378 e. The monoisotopic (exact) mass is 270 g/mol. The molecule has 1 aromatic heterocycles. The highest BCUT2D eigenvalue weighted by atomic mass is 35.5. The molecule has 0 radical (unpaired) electrons. The van der Waals surface area contributed by atoms with E-state index in [9.17, 15) is 13.2 Å². The van der Waals surface area contributed by atoms with Crippen LogP contribution in [0.5, 0.6) is 0 Å². The fourth-order valence-electron chi connectivity index (χ4n) is 1.06. The Balaban J connectivity index is 2.58. The zero-order chi connectivity index (χ0) is 12.9. The SMILES string of the molecule is COCc1cc(Cl)nc(COCC(F)(F)F)n1. The van der Waals surface area contributed by atoms with Crippen molar-refractivity contribution in [3.8, 4) is 0 Å². The number of nitrogens with zero attached hydrogens (tertiary/aromatic N) is 2. The molecule has 0 N–H and O–H groups in total. The van der Waals surface area contributed by atoms with E-state index in [2.05, 4.69) is 14.7 Å². The lowest BCUT2D eigenvalue weighted by molar-refractivity contribution is -0.177. The first-order valence-corrected chi connectivity index (χ1v) is 4.94. The van der Waals surface area contributed by atoms with Crippen molar-refractivity contribution >= 4 is 11.6 Å². The number of ether oxygens (including phenoxy) is 2. The van der Waals surface area contributed by atoms with Crippen molar-refractivity contribution in [3.63, 3.8) is 0 Å². The molecular formula is C9H10ClF3N2O2. The summed E-state index contributed by atoms with van der Waals surface area (Å²) >= 11 is 5.67. The van der Waals surface area contributed by atoms with Crippen LogP contribution in [-0.4, -0.2) is 29.9 Å². The van der Waals surface area contributed by atoms with E-state index in [1.807, 2.05) is 0 Å². The summed E-state index contributed by atoms with van der Waals surface area (Å²) in [6, 6.07) is 1.47. The zero-order valence-corrected chi connectivity index (χ0v) is 9.68. The van der Waals surface area contributed by atoms with Gasteiger partial charge in [-0.2, -0.15) is 13.2 Å². The lowest BCUT2D eigenvalue weighted by Crippen LogP contribution is -2.17. The maximum absolute atomic E-state index is 11.8. The van der Waals surface area contributed by atoms with Gasteiger partial charge >= 0.3 is 6.18 Å². The van der Waals surface area contributed by atoms with Gasteiger partial charge in [0, 0.05) is 7.11 Å². The molecule has 0 atom stereocenters. The van der Waals surface area contributed by atoms with Crippen molar-refractivity contribution in [2.75, 3.05) is 13.7 Å². The van der Waals surface area contributed by atoms with Crippen LogP contribution in [0.25, 0.3) is 0 Å². The Morgan fingerprint density at radius 3 is 2.59 bits per heavy atom. The molecule has 0 bridgehead atoms. The summed E-state index contributed by atoms with van der Waals surface area (Å²) in [7, 11) is 1.47. The molecule has 0 spiro atoms. The van der Waals surface area contributed by atoms with Crippen molar-refractivity contribution in [1.29, 1.82) is 0 Å². The van der Waals surface area contributed by atoms with Gasteiger partial charge in [0.15, 0.2) is 5.82 Å². The molecule has 1 rings (SSSR count). The first kappa shape index (κ1) is 14.1.